The lowest BCUT2D eigenvalue weighted by atomic mass is 10.0. The number of amides is 18. The van der Waals surface area contributed by atoms with Crippen LogP contribution in [-0.2, 0) is 97.5 Å². The number of hydrogen-bond acceptors (Lipinski definition) is 26. The van der Waals surface area contributed by atoms with E-state index in [9.17, 15) is 96.2 Å². The maximum Gasteiger partial charge on any atom is 0.326 e. The zero-order valence-electron chi connectivity index (χ0n) is 88.5. The second kappa shape index (κ2) is 71.4. The highest BCUT2D eigenvalue weighted by molar-refractivity contribution is 6.02. The summed E-state index contributed by atoms with van der Waals surface area (Å²) in [6.07, 6.45) is 5.33. The topological polar surface area (TPSA) is 743 Å². The standard InChI is InChI=1S/C99H179N25O20/c1-55(2)48-75(94(138)112-66(18)86(130)124-80(99(143)144)53-60(11)12)119-85(129)65(17)111-98(142)77(50-57(5)6)121-91(135)72(39-25-31-45-103)116-84(128)64(16)110-97(141)79(52-59(9)10)123-93(137)74(41-27-33-47-105)118-89(133)70(37-23-29-43-101)114-82(126)62(14)108-95(139)76(49-56(3)4)120-90(134)71(38-24-30-44-102)115-83(127)63(15)109-96(140)78(51-58(7)8)122-92(136)73(40-26-32-46-104)117-88(132)69(36-22-28-42-100)113-81(125)61(13)107-87(131)68(106)54-67-34-20-19-21-35-67/h19-21,34-35,55-66,68-80H,22-33,36-54,100-106H2,1-18H3,(H,107,131)(H,108,139)(H,109,140)(H,110,141)(H,111,142)(H,112,138)(H,113,125)(H,114,126)(H,115,127)(H,116,128)(H,117,132)(H,118,133)(H,119,129)(H,120,134)(H,121,135)(H,122,136)(H,123,137)(H,124,130)(H,143,144)/t61-,62-,63-,64-,65-,66-,68-,69-,70-,71-,72-,73-,74-,75-,76-,77-,78-,79-,80-/m0/s1. The zero-order valence-corrected chi connectivity index (χ0v) is 88.5. The third-order valence-corrected chi connectivity index (χ3v) is 23.6. The molecular formula is C99H179N25O20. The molecule has 0 spiro atoms. The summed E-state index contributed by atoms with van der Waals surface area (Å²) in [4.78, 5) is 266. The molecule has 0 aliphatic heterocycles. The lowest BCUT2D eigenvalue weighted by Crippen LogP contribution is -2.60. The minimum atomic E-state index is -1.39. The Kier molecular flexibility index (Phi) is 64.9. The quantitative estimate of drug-likeness (QED) is 0.0331. The van der Waals surface area contributed by atoms with Crippen LogP contribution in [0.2, 0.25) is 0 Å². The number of aliphatic carboxylic acids is 1. The van der Waals surface area contributed by atoms with Gasteiger partial charge in [0, 0.05) is 0 Å². The van der Waals surface area contributed by atoms with Crippen molar-refractivity contribution in [2.45, 2.75) is 400 Å². The fourth-order valence-electron chi connectivity index (χ4n) is 15.4. The number of carboxylic acid groups (broad SMARTS) is 1. The van der Waals surface area contributed by atoms with E-state index >= 15 is 0 Å². The molecule has 1 aromatic carbocycles. The molecule has 144 heavy (non-hydrogen) atoms. The van der Waals surface area contributed by atoms with E-state index in [1.807, 2.05) is 30.3 Å². The van der Waals surface area contributed by atoms with Crippen LogP contribution in [0.3, 0.4) is 0 Å². The van der Waals surface area contributed by atoms with E-state index in [4.69, 9.17) is 40.1 Å². The van der Waals surface area contributed by atoms with Gasteiger partial charge in [-0.2, -0.15) is 0 Å². The van der Waals surface area contributed by atoms with Crippen LogP contribution in [0.4, 0.5) is 0 Å². The summed E-state index contributed by atoms with van der Waals surface area (Å²) >= 11 is 0. The van der Waals surface area contributed by atoms with Crippen LogP contribution in [0.15, 0.2) is 30.3 Å². The highest BCUT2D eigenvalue weighted by atomic mass is 16.4. The van der Waals surface area contributed by atoms with E-state index < -0.39 is 227 Å². The van der Waals surface area contributed by atoms with Gasteiger partial charge in [0.2, 0.25) is 106 Å². The van der Waals surface area contributed by atoms with E-state index in [1.54, 1.807) is 83.1 Å². The number of rotatable bonds is 75. The molecule has 0 unspecified atom stereocenters. The predicted octanol–water partition coefficient (Wildman–Crippen LogP) is -1.46. The molecule has 45 nitrogen and oxygen atoms in total. The number of nitrogens with one attached hydrogen (secondary N) is 18. The average Bonchev–Trinajstić information content (AvgIpc) is 0.857. The largest absolute Gasteiger partial charge is 0.480 e. The van der Waals surface area contributed by atoms with Crippen molar-refractivity contribution >= 4 is 112 Å². The average molecular weight is 2040 g/mol. The van der Waals surface area contributed by atoms with Crippen LogP contribution >= 0.6 is 0 Å². The van der Waals surface area contributed by atoms with Gasteiger partial charge in [0.25, 0.3) is 0 Å². The molecule has 1 rings (SSSR count). The van der Waals surface area contributed by atoms with Crippen molar-refractivity contribution in [2.75, 3.05) is 39.3 Å². The molecule has 0 saturated carbocycles. The van der Waals surface area contributed by atoms with Crippen molar-refractivity contribution in [1.29, 1.82) is 0 Å². The molecule has 0 aliphatic rings. The third-order valence-electron chi connectivity index (χ3n) is 23.6. The first-order chi connectivity index (χ1) is 67.8. The molecule has 33 N–H and O–H groups in total. The Morgan fingerprint density at radius 1 is 0.208 bits per heavy atom. The molecule has 0 fully saturated rings. The van der Waals surface area contributed by atoms with Gasteiger partial charge in [0.15, 0.2) is 0 Å². The van der Waals surface area contributed by atoms with Crippen molar-refractivity contribution in [3.63, 3.8) is 0 Å². The summed E-state index contributed by atoms with van der Waals surface area (Å²) < 4.78 is 0. The van der Waals surface area contributed by atoms with Gasteiger partial charge in [-0.15, -0.1) is 0 Å². The van der Waals surface area contributed by atoms with Gasteiger partial charge >= 0.3 is 5.97 Å². The second-order valence-electron chi connectivity index (χ2n) is 40.2. The summed E-state index contributed by atoms with van der Waals surface area (Å²) in [6.45, 7) is 31.1. The summed E-state index contributed by atoms with van der Waals surface area (Å²) in [6, 6.07) is -15.1. The first-order valence-corrected chi connectivity index (χ1v) is 51.5. The molecule has 0 heterocycles. The highest BCUT2D eigenvalue weighted by Gasteiger charge is 2.40. The second-order valence-corrected chi connectivity index (χ2v) is 40.2. The number of carboxylic acids is 1. The minimum Gasteiger partial charge on any atom is -0.480 e. The molecule has 0 aromatic heterocycles. The summed E-state index contributed by atoms with van der Waals surface area (Å²) in [5.74, 6) is -16.5. The van der Waals surface area contributed by atoms with Crippen molar-refractivity contribution in [3.8, 4) is 0 Å². The Morgan fingerprint density at radius 3 is 0.542 bits per heavy atom. The smallest absolute Gasteiger partial charge is 0.326 e. The number of carbonyl (C=O) groups is 19. The zero-order chi connectivity index (χ0) is 109. The molecule has 0 radical (unpaired) electrons. The minimum absolute atomic E-state index is 0.00813. The third kappa shape index (κ3) is 53.6. The number of nitrogens with two attached hydrogens (primary N) is 7. The molecule has 820 valence electrons. The van der Waals surface area contributed by atoms with Crippen molar-refractivity contribution < 1.29 is 96.2 Å². The Morgan fingerprint density at radius 2 is 0.361 bits per heavy atom. The van der Waals surface area contributed by atoms with Gasteiger partial charge in [-0.3, -0.25) is 86.3 Å². The van der Waals surface area contributed by atoms with Crippen LogP contribution in [0.5, 0.6) is 0 Å². The molecule has 0 bridgehead atoms. The van der Waals surface area contributed by atoms with E-state index in [0.29, 0.717) is 77.0 Å². The predicted molar refractivity (Wildman–Crippen MR) is 549 cm³/mol. The molecule has 18 amide bonds. The summed E-state index contributed by atoms with van der Waals surface area (Å²) in [5, 5.41) is 57.7. The van der Waals surface area contributed by atoms with Crippen molar-refractivity contribution in [2.24, 2.45) is 75.6 Å². The van der Waals surface area contributed by atoms with Gasteiger partial charge < -0.3 is 141 Å². The van der Waals surface area contributed by atoms with Gasteiger partial charge in [0.1, 0.15) is 109 Å². The first-order valence-electron chi connectivity index (χ1n) is 51.5. The van der Waals surface area contributed by atoms with E-state index in [-0.39, 0.29) is 158 Å². The van der Waals surface area contributed by atoms with Gasteiger partial charge in [0.05, 0.1) is 6.04 Å². The van der Waals surface area contributed by atoms with Crippen LogP contribution in [0.1, 0.15) is 284 Å². The van der Waals surface area contributed by atoms with Crippen molar-refractivity contribution in [1.82, 2.24) is 95.7 Å². The highest BCUT2D eigenvalue weighted by Crippen LogP contribution is 2.18. The molecule has 0 aliphatic carbocycles. The van der Waals surface area contributed by atoms with Crippen molar-refractivity contribution in [3.05, 3.63) is 35.9 Å². The Bertz CT molecular complexity index is 4170. The monoisotopic (exact) mass is 2040 g/mol. The van der Waals surface area contributed by atoms with Gasteiger partial charge in [-0.1, -0.05) is 113 Å². The van der Waals surface area contributed by atoms with Crippen LogP contribution in [-0.4, -0.2) is 271 Å². The summed E-state index contributed by atoms with van der Waals surface area (Å²) in [7, 11) is 0. The number of benzene rings is 1. The van der Waals surface area contributed by atoms with Crippen LogP contribution in [0, 0.1) is 35.5 Å². The van der Waals surface area contributed by atoms with E-state index in [2.05, 4.69) is 95.7 Å². The molecule has 19 atom stereocenters. The lowest BCUT2D eigenvalue weighted by molar-refractivity contribution is -0.142. The first kappa shape index (κ1) is 131. The normalized spacial score (nSPS) is 15.4. The molecular weight excluding hydrogens is 1860 g/mol. The lowest BCUT2D eigenvalue weighted by Gasteiger charge is -2.28. The van der Waals surface area contributed by atoms with Gasteiger partial charge in [-0.25, -0.2) is 4.79 Å². The van der Waals surface area contributed by atoms with E-state index in [0.717, 1.165) is 5.56 Å². The number of unbranched alkanes of at least 4 members (excludes halogenated alkanes) is 6. The fourth-order valence-corrected chi connectivity index (χ4v) is 15.4. The molecule has 1 aromatic rings. The Balaban J connectivity index is 3.51. The maximum atomic E-state index is 14.7. The number of carbonyl (C=O) groups excluding carboxylic acids is 18. The van der Waals surface area contributed by atoms with E-state index in [1.165, 1.54) is 41.5 Å². The SMILES string of the molecule is CC(C)C[C@H](NC(=O)[C@H](C)NC(=O)[C@H](CC(C)C)NC(=O)[C@H](C)NC(=O)[C@H](CC(C)C)NC(=O)[C@H](CCCCN)NC(=O)[C@H](C)NC(=O)[C@H](CC(C)C)NC(=O)[C@H](CCCCN)NC(=O)[C@H](CCCCN)NC(=O)[C@H](C)NC(=O)[C@H](CC(C)C)NC(=O)[C@H](CCCCN)NC(=O)[C@H](C)NC(=O)[C@H](CC(C)C)NC(=O)[C@H](CCCCN)NC(=O)[C@H](CCCCN)NC(=O)[C@H](C)NC(=O)[C@@H](N)Cc1ccccc1)C(=O)O. The number of hydrogen-bond donors (Lipinski definition) is 26. The molecule has 0 saturated heterocycles. The van der Waals surface area contributed by atoms with Crippen LogP contribution < -0.4 is 136 Å². The Labute approximate surface area is 851 Å². The fraction of sp³-hybridized carbons (Fsp3) is 0.747. The van der Waals surface area contributed by atoms with Gasteiger partial charge in [-0.05, 0) is 282 Å². The van der Waals surface area contributed by atoms with Crippen LogP contribution in [0.25, 0.3) is 0 Å². The summed E-state index contributed by atoms with van der Waals surface area (Å²) in [5.41, 5.74) is 42.1. The molecule has 45 heteroatoms. The Hall–Kier alpha value is -11.1. The maximum absolute atomic E-state index is 14.7.